The molecule has 1 rings (SSSR count). The molecule has 1 aromatic rings. The molecule has 3 heteroatoms. The van der Waals surface area contributed by atoms with Crippen LogP contribution in [0.3, 0.4) is 0 Å². The van der Waals surface area contributed by atoms with Crippen LogP contribution in [0.15, 0.2) is 24.3 Å². The van der Waals surface area contributed by atoms with Gasteiger partial charge in [-0.05, 0) is 38.0 Å². The van der Waals surface area contributed by atoms with Crippen LogP contribution in [0.25, 0.3) is 0 Å². The fraction of sp³-hybridized carbons (Fsp3) is 0.500. The molecule has 1 nitrogen and oxygen atoms in total. The molecule has 0 aromatic heterocycles. The Labute approximate surface area is 95.6 Å². The molecule has 0 aliphatic carbocycles. The molecule has 1 aromatic carbocycles. The molecule has 0 aliphatic rings. The Morgan fingerprint density at radius 3 is 2.40 bits per heavy atom. The van der Waals surface area contributed by atoms with Gasteiger partial charge in [0.25, 0.3) is 0 Å². The first-order chi connectivity index (χ1) is 7.03. The van der Waals surface area contributed by atoms with E-state index >= 15 is 0 Å². The molecule has 0 spiro atoms. The molecule has 0 radical (unpaired) electrons. The van der Waals surface area contributed by atoms with Gasteiger partial charge in [0.05, 0.1) is 0 Å². The summed E-state index contributed by atoms with van der Waals surface area (Å²) >= 11 is 5.62. The minimum atomic E-state index is -0.190. The number of rotatable bonds is 5. The van der Waals surface area contributed by atoms with Gasteiger partial charge >= 0.3 is 0 Å². The highest BCUT2D eigenvalue weighted by atomic mass is 35.5. The van der Waals surface area contributed by atoms with Gasteiger partial charge in [0.2, 0.25) is 0 Å². The maximum atomic E-state index is 12.7. The summed E-state index contributed by atoms with van der Waals surface area (Å²) in [5, 5.41) is 3.35. The maximum absolute atomic E-state index is 12.7. The van der Waals surface area contributed by atoms with Crippen LogP contribution < -0.4 is 5.32 Å². The monoisotopic (exact) mass is 229 g/mol. The summed E-state index contributed by atoms with van der Waals surface area (Å²) in [4.78, 5) is 0. The third-order valence-corrected chi connectivity index (χ3v) is 2.45. The Bertz CT molecular complexity index is 295. The smallest absolute Gasteiger partial charge is 0.123 e. The van der Waals surface area contributed by atoms with Crippen LogP contribution >= 0.6 is 11.6 Å². The van der Waals surface area contributed by atoms with Crippen molar-refractivity contribution < 1.29 is 4.39 Å². The van der Waals surface area contributed by atoms with Crippen molar-refractivity contribution in [3.63, 3.8) is 0 Å². The van der Waals surface area contributed by atoms with E-state index in [0.717, 1.165) is 18.5 Å². The van der Waals surface area contributed by atoms with Crippen LogP contribution in [-0.2, 0) is 6.42 Å². The summed E-state index contributed by atoms with van der Waals surface area (Å²) in [6.45, 7) is 5.02. The van der Waals surface area contributed by atoms with Crippen LogP contribution in [0.1, 0.15) is 19.4 Å². The number of hydrogen-bond donors (Lipinski definition) is 1. The Balaban J connectivity index is 2.56. The molecule has 0 aliphatic heterocycles. The average Bonchev–Trinajstić information content (AvgIpc) is 2.18. The molecule has 84 valence electrons. The highest BCUT2D eigenvalue weighted by molar-refractivity contribution is 6.18. The van der Waals surface area contributed by atoms with E-state index in [1.165, 1.54) is 12.1 Å². The van der Waals surface area contributed by atoms with Gasteiger partial charge < -0.3 is 5.32 Å². The maximum Gasteiger partial charge on any atom is 0.123 e. The molecule has 0 fully saturated rings. The van der Waals surface area contributed by atoms with Crippen molar-refractivity contribution in [2.45, 2.75) is 25.8 Å². The molecule has 1 N–H and O–H groups in total. The lowest BCUT2D eigenvalue weighted by atomic mass is 9.95. The lowest BCUT2D eigenvalue weighted by molar-refractivity contribution is 0.398. The zero-order valence-corrected chi connectivity index (χ0v) is 9.94. The Kier molecular flexibility index (Phi) is 4.55. The number of benzene rings is 1. The normalized spacial score (nSPS) is 11.7. The van der Waals surface area contributed by atoms with Gasteiger partial charge in [-0.3, -0.25) is 0 Å². The second kappa shape index (κ2) is 5.47. The molecular formula is C12H17ClFN. The Hall–Kier alpha value is -0.600. The summed E-state index contributed by atoms with van der Waals surface area (Å²) in [5.41, 5.74) is 1.12. The van der Waals surface area contributed by atoms with E-state index in [9.17, 15) is 4.39 Å². The SMILES string of the molecule is CC(C)(Cc1ccc(F)cc1)NCCCl. The van der Waals surface area contributed by atoms with Gasteiger partial charge in [0, 0.05) is 18.0 Å². The van der Waals surface area contributed by atoms with Gasteiger partial charge in [-0.25, -0.2) is 4.39 Å². The van der Waals surface area contributed by atoms with Crippen molar-refractivity contribution in [3.8, 4) is 0 Å². The van der Waals surface area contributed by atoms with E-state index in [2.05, 4.69) is 19.2 Å². The molecule has 0 heterocycles. The first-order valence-electron chi connectivity index (χ1n) is 5.09. The third-order valence-electron chi connectivity index (χ3n) is 2.26. The van der Waals surface area contributed by atoms with Gasteiger partial charge in [-0.2, -0.15) is 0 Å². The molecule has 0 amide bonds. The van der Waals surface area contributed by atoms with Crippen LogP contribution in [0.5, 0.6) is 0 Å². The summed E-state index contributed by atoms with van der Waals surface area (Å²) in [6, 6.07) is 6.62. The topological polar surface area (TPSA) is 12.0 Å². The van der Waals surface area contributed by atoms with E-state index in [0.29, 0.717) is 5.88 Å². The van der Waals surface area contributed by atoms with Crippen molar-refractivity contribution in [1.29, 1.82) is 0 Å². The van der Waals surface area contributed by atoms with E-state index in [1.54, 1.807) is 0 Å². The minimum absolute atomic E-state index is 0.00722. The fourth-order valence-electron chi connectivity index (χ4n) is 1.56. The van der Waals surface area contributed by atoms with E-state index < -0.39 is 0 Å². The van der Waals surface area contributed by atoms with Crippen LogP contribution in [0.4, 0.5) is 4.39 Å². The van der Waals surface area contributed by atoms with E-state index in [-0.39, 0.29) is 11.4 Å². The Morgan fingerprint density at radius 1 is 1.27 bits per heavy atom. The highest BCUT2D eigenvalue weighted by Crippen LogP contribution is 2.13. The van der Waals surface area contributed by atoms with Crippen LogP contribution in [0.2, 0.25) is 0 Å². The third kappa shape index (κ3) is 4.63. The number of hydrogen-bond acceptors (Lipinski definition) is 1. The largest absolute Gasteiger partial charge is 0.310 e. The predicted molar refractivity (Wildman–Crippen MR) is 62.9 cm³/mol. The average molecular weight is 230 g/mol. The molecule has 0 bridgehead atoms. The number of halogens is 2. The summed E-state index contributed by atoms with van der Waals surface area (Å²) in [7, 11) is 0. The number of nitrogens with one attached hydrogen (secondary N) is 1. The minimum Gasteiger partial charge on any atom is -0.310 e. The van der Waals surface area contributed by atoms with E-state index in [4.69, 9.17) is 11.6 Å². The Morgan fingerprint density at radius 2 is 1.87 bits per heavy atom. The van der Waals surface area contributed by atoms with E-state index in [1.807, 2.05) is 12.1 Å². The van der Waals surface area contributed by atoms with Crippen molar-refractivity contribution in [1.82, 2.24) is 5.32 Å². The van der Waals surface area contributed by atoms with Gasteiger partial charge in [-0.1, -0.05) is 12.1 Å². The van der Waals surface area contributed by atoms with Crippen LogP contribution in [0, 0.1) is 5.82 Å². The van der Waals surface area contributed by atoms with Gasteiger partial charge in [0.1, 0.15) is 5.82 Å². The highest BCUT2D eigenvalue weighted by Gasteiger charge is 2.16. The van der Waals surface area contributed by atoms with Crippen molar-refractivity contribution >= 4 is 11.6 Å². The van der Waals surface area contributed by atoms with Gasteiger partial charge in [-0.15, -0.1) is 11.6 Å². The summed E-state index contributed by atoms with van der Waals surface area (Å²) < 4.78 is 12.7. The van der Waals surface area contributed by atoms with Gasteiger partial charge in [0.15, 0.2) is 0 Å². The zero-order valence-electron chi connectivity index (χ0n) is 9.19. The quantitative estimate of drug-likeness (QED) is 0.766. The first kappa shape index (κ1) is 12.5. The van der Waals surface area contributed by atoms with Crippen molar-refractivity contribution in [2.24, 2.45) is 0 Å². The fourth-order valence-corrected chi connectivity index (χ4v) is 1.66. The summed E-state index contributed by atoms with van der Waals surface area (Å²) in [6.07, 6.45) is 0.865. The van der Waals surface area contributed by atoms with Crippen molar-refractivity contribution in [2.75, 3.05) is 12.4 Å². The second-order valence-electron chi connectivity index (χ2n) is 4.30. The lowest BCUT2D eigenvalue weighted by Crippen LogP contribution is -2.42. The lowest BCUT2D eigenvalue weighted by Gasteiger charge is -2.26. The standard InChI is InChI=1S/C12H17ClFN/c1-12(2,15-8-7-13)9-10-3-5-11(14)6-4-10/h3-6,15H,7-9H2,1-2H3. The number of alkyl halides is 1. The second-order valence-corrected chi connectivity index (χ2v) is 4.68. The molecule has 0 saturated carbocycles. The van der Waals surface area contributed by atoms with Crippen molar-refractivity contribution in [3.05, 3.63) is 35.6 Å². The zero-order chi connectivity index (χ0) is 11.3. The van der Waals surface area contributed by atoms with Crippen LogP contribution in [-0.4, -0.2) is 18.0 Å². The summed E-state index contributed by atoms with van der Waals surface area (Å²) in [5.74, 6) is 0.414. The molecule has 0 saturated heterocycles. The molecule has 15 heavy (non-hydrogen) atoms. The molecule has 0 unspecified atom stereocenters. The molecule has 0 atom stereocenters. The first-order valence-corrected chi connectivity index (χ1v) is 5.62. The predicted octanol–water partition coefficient (Wildman–Crippen LogP) is 2.98. The molecular weight excluding hydrogens is 213 g/mol.